The van der Waals surface area contributed by atoms with E-state index < -0.39 is 6.09 Å². The molecule has 0 radical (unpaired) electrons. The number of hydroxylamine groups is 1. The third-order valence-electron chi connectivity index (χ3n) is 3.48. The van der Waals surface area contributed by atoms with Crippen molar-refractivity contribution in [1.29, 1.82) is 0 Å². The molecule has 6 nitrogen and oxygen atoms in total. The second-order valence-electron chi connectivity index (χ2n) is 5.72. The molecule has 0 unspecified atom stereocenters. The maximum absolute atomic E-state index is 11.6. The van der Waals surface area contributed by atoms with Crippen LogP contribution >= 0.6 is 0 Å². The quantitative estimate of drug-likeness (QED) is 0.535. The van der Waals surface area contributed by atoms with Crippen LogP contribution in [0.5, 0.6) is 0 Å². The topological polar surface area (TPSA) is 67.9 Å². The van der Waals surface area contributed by atoms with Crippen molar-refractivity contribution in [3.63, 3.8) is 0 Å². The summed E-state index contributed by atoms with van der Waals surface area (Å²) >= 11 is 0. The molecule has 0 atom stereocenters. The summed E-state index contributed by atoms with van der Waals surface area (Å²) in [5.74, 6) is -0.320. The van der Waals surface area contributed by atoms with Gasteiger partial charge in [-0.1, -0.05) is 80.1 Å². The molecule has 29 heavy (non-hydrogen) atoms. The van der Waals surface area contributed by atoms with E-state index >= 15 is 0 Å². The molecule has 1 N–H and O–H groups in total. The van der Waals surface area contributed by atoms with Gasteiger partial charge in [0.05, 0.1) is 13.2 Å². The third kappa shape index (κ3) is 13.2. The van der Waals surface area contributed by atoms with Crippen LogP contribution in [-0.2, 0) is 21.0 Å². The highest BCUT2D eigenvalue weighted by atomic mass is 16.6. The van der Waals surface area contributed by atoms with Crippen molar-refractivity contribution in [3.8, 4) is 0 Å². The number of aryl methyl sites for hydroxylation is 1. The van der Waals surface area contributed by atoms with Gasteiger partial charge in [0.25, 0.3) is 0 Å². The van der Waals surface area contributed by atoms with Crippen LogP contribution in [0.2, 0.25) is 0 Å². The summed E-state index contributed by atoms with van der Waals surface area (Å²) in [7, 11) is 1.39. The van der Waals surface area contributed by atoms with Crippen LogP contribution in [0.15, 0.2) is 60.7 Å². The molecule has 0 saturated carbocycles. The van der Waals surface area contributed by atoms with Crippen LogP contribution in [0.25, 0.3) is 0 Å². The van der Waals surface area contributed by atoms with Crippen molar-refractivity contribution in [2.75, 3.05) is 20.2 Å². The summed E-state index contributed by atoms with van der Waals surface area (Å²) < 4.78 is 4.72. The molecule has 0 saturated heterocycles. The average molecular weight is 403 g/mol. The average Bonchev–Trinajstić information content (AvgIpc) is 2.76. The molecular weight excluding hydrogens is 368 g/mol. The van der Waals surface area contributed by atoms with Crippen molar-refractivity contribution in [1.82, 2.24) is 10.4 Å². The second kappa shape index (κ2) is 17.4. The Hall–Kier alpha value is -2.70. The molecule has 0 bridgehead atoms. The van der Waals surface area contributed by atoms with E-state index in [9.17, 15) is 9.59 Å². The van der Waals surface area contributed by atoms with Gasteiger partial charge in [-0.15, -0.1) is 0 Å². The minimum Gasteiger partial charge on any atom is -0.449 e. The molecule has 0 heterocycles. The summed E-state index contributed by atoms with van der Waals surface area (Å²) in [6.45, 7) is 8.77. The number of rotatable bonds is 7. The predicted octanol–water partition coefficient (Wildman–Crippen LogP) is 4.73. The zero-order valence-corrected chi connectivity index (χ0v) is 18.2. The molecule has 0 aliphatic carbocycles. The van der Waals surface area contributed by atoms with Gasteiger partial charge in [-0.05, 0) is 19.4 Å². The van der Waals surface area contributed by atoms with Crippen LogP contribution in [-0.4, -0.2) is 37.1 Å². The number of carbonyl (C=O) groups is 2. The predicted molar refractivity (Wildman–Crippen MR) is 116 cm³/mol. The molecule has 0 fully saturated rings. The van der Waals surface area contributed by atoms with E-state index in [-0.39, 0.29) is 18.9 Å². The zero-order chi connectivity index (χ0) is 21.9. The first-order chi connectivity index (χ1) is 14.0. The van der Waals surface area contributed by atoms with E-state index in [1.54, 1.807) is 6.92 Å². The number of amides is 2. The van der Waals surface area contributed by atoms with Crippen molar-refractivity contribution in [2.45, 2.75) is 40.7 Å². The van der Waals surface area contributed by atoms with Gasteiger partial charge in [-0.25, -0.2) is 10.3 Å². The molecule has 2 amide bonds. The van der Waals surface area contributed by atoms with Crippen LogP contribution in [0, 0.1) is 6.92 Å². The molecule has 0 aliphatic heterocycles. The standard InChI is InChI=1S/C14H20N2O4.C7H8.C2H6/c1-3-19-14(18)16(2)13(17)9-10-15-20-11-12-7-5-4-6-8-12;1-7-5-3-2-4-6-7;1-2/h4-8,15H,3,9-11H2,1-2H3;2-6H,1H3;1-2H3. The number of benzene rings is 2. The Bertz CT molecular complexity index is 663. The van der Waals surface area contributed by atoms with Crippen molar-refractivity contribution in [3.05, 3.63) is 71.8 Å². The molecule has 2 aromatic rings. The zero-order valence-electron chi connectivity index (χ0n) is 18.2. The maximum Gasteiger partial charge on any atom is 0.416 e. The van der Waals surface area contributed by atoms with Gasteiger partial charge in [-0.3, -0.25) is 14.5 Å². The molecule has 2 rings (SSSR count). The van der Waals surface area contributed by atoms with Crippen molar-refractivity contribution >= 4 is 12.0 Å². The fourth-order valence-corrected chi connectivity index (χ4v) is 1.96. The number of hydrogen-bond acceptors (Lipinski definition) is 5. The number of hydrogen-bond donors (Lipinski definition) is 1. The van der Waals surface area contributed by atoms with Gasteiger partial charge >= 0.3 is 6.09 Å². The van der Waals surface area contributed by atoms with E-state index in [1.165, 1.54) is 12.6 Å². The Balaban J connectivity index is 0.000000722. The molecule has 2 aromatic carbocycles. The minimum atomic E-state index is -0.636. The molecule has 0 aliphatic rings. The van der Waals surface area contributed by atoms with Gasteiger partial charge < -0.3 is 4.74 Å². The molecular formula is C23H34N2O4. The van der Waals surface area contributed by atoms with E-state index in [2.05, 4.69) is 24.5 Å². The molecule has 0 spiro atoms. The summed E-state index contributed by atoms with van der Waals surface area (Å²) in [5.41, 5.74) is 5.05. The highest BCUT2D eigenvalue weighted by Crippen LogP contribution is 1.99. The number of imide groups is 1. The number of carbonyl (C=O) groups excluding carboxylic acids is 2. The molecule has 160 valence electrons. The second-order valence-corrected chi connectivity index (χ2v) is 5.72. The first-order valence-corrected chi connectivity index (χ1v) is 9.88. The van der Waals surface area contributed by atoms with Crippen LogP contribution in [0.4, 0.5) is 4.79 Å². The van der Waals surface area contributed by atoms with Crippen LogP contribution in [0.3, 0.4) is 0 Å². The Kier molecular flexibility index (Phi) is 15.8. The normalized spacial score (nSPS) is 9.28. The van der Waals surface area contributed by atoms with E-state index in [0.717, 1.165) is 10.5 Å². The Labute approximate surface area is 174 Å². The Morgan fingerprint density at radius 3 is 2.00 bits per heavy atom. The van der Waals surface area contributed by atoms with Gasteiger partial charge in [0.15, 0.2) is 0 Å². The maximum atomic E-state index is 11.6. The van der Waals surface area contributed by atoms with Crippen LogP contribution in [0.1, 0.15) is 38.3 Å². The molecule has 0 aromatic heterocycles. The number of ether oxygens (including phenoxy) is 1. The third-order valence-corrected chi connectivity index (χ3v) is 3.48. The summed E-state index contributed by atoms with van der Waals surface area (Å²) in [6, 6.07) is 19.9. The first kappa shape index (κ1) is 26.3. The Morgan fingerprint density at radius 2 is 1.52 bits per heavy atom. The van der Waals surface area contributed by atoms with Crippen molar-refractivity contribution in [2.24, 2.45) is 0 Å². The van der Waals surface area contributed by atoms with Gasteiger partial charge in [0, 0.05) is 20.0 Å². The SMILES string of the molecule is CC.CCOC(=O)N(C)C(=O)CCNOCc1ccccc1.Cc1ccccc1. The van der Waals surface area contributed by atoms with E-state index in [1.807, 2.05) is 62.4 Å². The lowest BCUT2D eigenvalue weighted by Crippen LogP contribution is -2.35. The lowest BCUT2D eigenvalue weighted by atomic mass is 10.2. The fraction of sp³-hybridized carbons (Fsp3) is 0.391. The van der Waals surface area contributed by atoms with Gasteiger partial charge in [0.1, 0.15) is 0 Å². The lowest BCUT2D eigenvalue weighted by Gasteiger charge is -2.14. The number of nitrogens with zero attached hydrogens (tertiary/aromatic N) is 1. The van der Waals surface area contributed by atoms with Crippen molar-refractivity contribution < 1.29 is 19.2 Å². The Morgan fingerprint density at radius 1 is 0.966 bits per heavy atom. The monoisotopic (exact) mass is 402 g/mol. The van der Waals surface area contributed by atoms with Gasteiger partial charge in [-0.2, -0.15) is 0 Å². The highest BCUT2D eigenvalue weighted by molar-refractivity contribution is 5.91. The van der Waals surface area contributed by atoms with E-state index in [4.69, 9.17) is 9.57 Å². The summed E-state index contributed by atoms with van der Waals surface area (Å²) in [6.07, 6.45) is -0.480. The van der Waals surface area contributed by atoms with E-state index in [0.29, 0.717) is 13.2 Å². The first-order valence-electron chi connectivity index (χ1n) is 9.88. The summed E-state index contributed by atoms with van der Waals surface area (Å²) in [4.78, 5) is 29.1. The largest absolute Gasteiger partial charge is 0.449 e. The smallest absolute Gasteiger partial charge is 0.416 e. The minimum absolute atomic E-state index is 0.157. The number of nitrogens with one attached hydrogen (secondary N) is 1. The van der Waals surface area contributed by atoms with Crippen LogP contribution < -0.4 is 5.48 Å². The highest BCUT2D eigenvalue weighted by Gasteiger charge is 2.16. The summed E-state index contributed by atoms with van der Waals surface area (Å²) in [5, 5.41) is 0. The molecule has 6 heteroatoms. The van der Waals surface area contributed by atoms with Gasteiger partial charge in [0.2, 0.25) is 5.91 Å². The fourth-order valence-electron chi connectivity index (χ4n) is 1.96. The lowest BCUT2D eigenvalue weighted by molar-refractivity contribution is -0.128.